The summed E-state index contributed by atoms with van der Waals surface area (Å²) >= 11 is 0. The summed E-state index contributed by atoms with van der Waals surface area (Å²) in [4.78, 5) is 19.9. The second kappa shape index (κ2) is 10.2. The first-order valence-corrected chi connectivity index (χ1v) is 7.11. The summed E-state index contributed by atoms with van der Waals surface area (Å²) in [5.41, 5.74) is 9.12. The Hall–Kier alpha value is 1.04. The van der Waals surface area contributed by atoms with Crippen LogP contribution in [0, 0.1) is 0 Å². The van der Waals surface area contributed by atoms with E-state index in [1.807, 2.05) is 0 Å². The van der Waals surface area contributed by atoms with Gasteiger partial charge in [0.25, 0.3) is 0 Å². The molecule has 0 saturated heterocycles. The van der Waals surface area contributed by atoms with E-state index >= 15 is 0 Å². The van der Waals surface area contributed by atoms with Crippen molar-refractivity contribution in [3.8, 4) is 0 Å². The Morgan fingerprint density at radius 3 is 1.13 bits per heavy atom. The molecule has 0 aliphatic heterocycles. The van der Waals surface area contributed by atoms with Crippen molar-refractivity contribution < 1.29 is 18.9 Å². The molecular weight excluding hydrogens is 266 g/mol. The Kier molecular flexibility index (Phi) is 14.5. The molecule has 0 aromatic carbocycles. The molecule has 0 radical (unpaired) electrons. The van der Waals surface area contributed by atoms with Gasteiger partial charge in [0.2, 0.25) is 0 Å². The van der Waals surface area contributed by atoms with Crippen LogP contribution in [0.25, 0.3) is 0 Å². The van der Waals surface area contributed by atoms with Crippen LogP contribution in [0.3, 0.4) is 0 Å². The second-order valence-corrected chi connectivity index (χ2v) is 5.43. The first-order chi connectivity index (χ1) is 6.12. The first kappa shape index (κ1) is 21.3. The minimum Gasteiger partial charge on any atom is -0.785 e. The maximum Gasteiger partial charge on any atom is 2.00 e. The fourth-order valence-corrected chi connectivity index (χ4v) is 1.25. The zero-order valence-corrected chi connectivity index (χ0v) is 12.7. The normalized spacial score (nSPS) is 18.5. The minimum absolute atomic E-state index is 0. The van der Waals surface area contributed by atoms with Crippen LogP contribution in [-0.2, 0) is 9.13 Å². The van der Waals surface area contributed by atoms with Gasteiger partial charge in [0.05, 0.1) is 15.0 Å². The standard InChI is InChI=1S/2C3H8NO2P.Ca/c2*1-2-3-7(4,5)6;/h2*2-3H,1H3,(H3,4,5,6);/q;;+2/p-2. The van der Waals surface area contributed by atoms with Crippen LogP contribution in [-0.4, -0.2) is 37.7 Å². The molecule has 0 saturated carbocycles. The van der Waals surface area contributed by atoms with E-state index in [1.165, 1.54) is 12.2 Å². The predicted octanol–water partition coefficient (Wildman–Crippen LogP) is -0.317. The topological polar surface area (TPSA) is 132 Å². The summed E-state index contributed by atoms with van der Waals surface area (Å²) in [6.07, 6.45) is 2.77. The van der Waals surface area contributed by atoms with E-state index in [-0.39, 0.29) is 37.7 Å². The average molecular weight is 280 g/mol. The molecular formula is C6H14CaN2O4P2. The van der Waals surface area contributed by atoms with Crippen LogP contribution in [0.4, 0.5) is 0 Å². The monoisotopic (exact) mass is 280 g/mol. The maximum absolute atomic E-state index is 9.95. The summed E-state index contributed by atoms with van der Waals surface area (Å²) in [5.74, 6) is 1.93. The van der Waals surface area contributed by atoms with Crippen molar-refractivity contribution in [2.45, 2.75) is 13.8 Å². The quantitative estimate of drug-likeness (QED) is 0.526. The van der Waals surface area contributed by atoms with Gasteiger partial charge < -0.3 is 18.9 Å². The van der Waals surface area contributed by atoms with Crippen LogP contribution in [0.5, 0.6) is 0 Å². The summed E-state index contributed by atoms with van der Waals surface area (Å²) < 4.78 is 19.9. The zero-order valence-electron chi connectivity index (χ0n) is 8.70. The van der Waals surface area contributed by atoms with E-state index in [0.717, 1.165) is 11.6 Å². The van der Waals surface area contributed by atoms with Gasteiger partial charge in [-0.05, 0) is 25.5 Å². The van der Waals surface area contributed by atoms with Crippen LogP contribution >= 0.6 is 15.0 Å². The molecule has 4 N–H and O–H groups in total. The molecule has 0 heterocycles. The molecule has 0 aromatic heterocycles. The Balaban J connectivity index is -0.000000180. The van der Waals surface area contributed by atoms with Gasteiger partial charge in [-0.1, -0.05) is 12.2 Å². The number of nitrogens with two attached hydrogens (primary N) is 2. The molecule has 2 atom stereocenters. The molecule has 9 heteroatoms. The number of allylic oxidation sites excluding steroid dienone is 2. The van der Waals surface area contributed by atoms with Gasteiger partial charge in [-0.15, -0.1) is 0 Å². The van der Waals surface area contributed by atoms with Crippen molar-refractivity contribution in [1.29, 1.82) is 0 Å². The van der Waals surface area contributed by atoms with Crippen molar-refractivity contribution in [3.63, 3.8) is 0 Å². The molecule has 0 amide bonds. The Bertz CT molecular complexity index is 264. The summed E-state index contributed by atoms with van der Waals surface area (Å²) in [6, 6.07) is 0. The maximum atomic E-state index is 9.95. The fraction of sp³-hybridized carbons (Fsp3) is 0.333. The molecule has 2 unspecified atom stereocenters. The molecule has 0 spiro atoms. The van der Waals surface area contributed by atoms with E-state index in [0.29, 0.717) is 0 Å². The Morgan fingerprint density at radius 1 is 0.933 bits per heavy atom. The van der Waals surface area contributed by atoms with Gasteiger partial charge >= 0.3 is 37.7 Å². The third kappa shape index (κ3) is 31.3. The minimum atomic E-state index is -3.60. The second-order valence-electron chi connectivity index (χ2n) is 2.26. The van der Waals surface area contributed by atoms with Gasteiger partial charge in [0.15, 0.2) is 0 Å². The van der Waals surface area contributed by atoms with Gasteiger partial charge in [-0.25, -0.2) is 0 Å². The van der Waals surface area contributed by atoms with Gasteiger partial charge in [0, 0.05) is 0 Å². The number of hydrogen-bond acceptors (Lipinski definition) is 4. The SMILES string of the molecule is CC=CP(N)(=O)[O-].CC=CP(N)(=O)[O-].[Ca+2]. The van der Waals surface area contributed by atoms with Gasteiger partial charge in [-0.2, -0.15) is 0 Å². The van der Waals surface area contributed by atoms with E-state index in [9.17, 15) is 18.9 Å². The number of hydrogen-bond donors (Lipinski definition) is 2. The third-order valence-electron chi connectivity index (χ3n) is 0.714. The Labute approximate surface area is 119 Å². The smallest absolute Gasteiger partial charge is 0.785 e. The van der Waals surface area contributed by atoms with Crippen LogP contribution < -0.4 is 20.8 Å². The molecule has 0 aromatic rings. The molecule has 6 nitrogen and oxygen atoms in total. The third-order valence-corrected chi connectivity index (χ3v) is 2.14. The fourth-order valence-electron chi connectivity index (χ4n) is 0.416. The molecule has 0 aliphatic carbocycles. The molecule has 0 aliphatic rings. The van der Waals surface area contributed by atoms with Crippen LogP contribution in [0.2, 0.25) is 0 Å². The van der Waals surface area contributed by atoms with E-state index in [4.69, 9.17) is 0 Å². The molecule has 15 heavy (non-hydrogen) atoms. The van der Waals surface area contributed by atoms with Gasteiger partial charge in [-0.3, -0.25) is 11.0 Å². The molecule has 0 rings (SSSR count). The van der Waals surface area contributed by atoms with Crippen molar-refractivity contribution in [2.75, 3.05) is 0 Å². The summed E-state index contributed by atoms with van der Waals surface area (Å²) in [5, 5.41) is 0. The molecule has 0 fully saturated rings. The largest absolute Gasteiger partial charge is 2.00 e. The van der Waals surface area contributed by atoms with Crippen molar-refractivity contribution >= 4 is 52.8 Å². The van der Waals surface area contributed by atoms with Crippen LogP contribution in [0.1, 0.15) is 13.8 Å². The average Bonchev–Trinajstić information content (AvgIpc) is 1.81. The summed E-state index contributed by atoms with van der Waals surface area (Å²) in [7, 11) is -7.19. The Morgan fingerprint density at radius 2 is 1.13 bits per heavy atom. The first-order valence-electron chi connectivity index (χ1n) is 3.58. The zero-order chi connectivity index (χ0) is 11.8. The predicted molar refractivity (Wildman–Crippen MR) is 59.0 cm³/mol. The summed E-state index contributed by atoms with van der Waals surface area (Å²) in [6.45, 7) is 3.19. The van der Waals surface area contributed by atoms with Gasteiger partial charge in [0.1, 0.15) is 0 Å². The van der Waals surface area contributed by atoms with E-state index < -0.39 is 15.0 Å². The van der Waals surface area contributed by atoms with Crippen molar-refractivity contribution in [2.24, 2.45) is 11.0 Å². The molecule has 84 valence electrons. The molecule has 0 bridgehead atoms. The van der Waals surface area contributed by atoms with Crippen LogP contribution in [0.15, 0.2) is 23.8 Å². The van der Waals surface area contributed by atoms with Crippen molar-refractivity contribution in [3.05, 3.63) is 23.8 Å². The van der Waals surface area contributed by atoms with E-state index in [1.54, 1.807) is 13.8 Å². The van der Waals surface area contributed by atoms with Crippen molar-refractivity contribution in [1.82, 2.24) is 0 Å². The number of rotatable bonds is 2. The van der Waals surface area contributed by atoms with E-state index in [2.05, 4.69) is 11.0 Å².